The van der Waals surface area contributed by atoms with Crippen LogP contribution in [0.1, 0.15) is 168 Å². The topological polar surface area (TPSA) is 66.4 Å². The summed E-state index contributed by atoms with van der Waals surface area (Å²) in [7, 11) is -4.61. The van der Waals surface area contributed by atoms with E-state index in [-0.39, 0.29) is 42.1 Å². The largest absolute Gasteiger partial charge is 1.00 e. The number of allylic oxidation sites excluding steroid dienone is 1. The molecule has 0 saturated heterocycles. The van der Waals surface area contributed by atoms with Gasteiger partial charge in [-0.3, -0.25) is 4.18 Å². The van der Waals surface area contributed by atoms with E-state index >= 15 is 0 Å². The van der Waals surface area contributed by atoms with Crippen LogP contribution in [0, 0.1) is 5.92 Å². The van der Waals surface area contributed by atoms with Gasteiger partial charge in [-0.1, -0.05) is 161 Å². The summed E-state index contributed by atoms with van der Waals surface area (Å²) in [6.07, 6.45) is 35.2. The van der Waals surface area contributed by atoms with Crippen molar-refractivity contribution in [2.24, 2.45) is 5.92 Å². The van der Waals surface area contributed by atoms with Crippen LogP contribution in [-0.2, 0) is 14.6 Å². The van der Waals surface area contributed by atoms with E-state index < -0.39 is 10.4 Å². The standard InChI is InChI=1S/C30H60O4S.Na/c1-3-5-7-9-11-13-14-15-16-17-18-19-20-22-24-26-28-30(29-34-35(31,32)33)27-25-23-21-12-10-8-6-4-2;/h25,27,30H,3-24,26,28-29H2,1-2H3,(H,31,32,33);/q;+1/p-1/b27-25+;. The van der Waals surface area contributed by atoms with Crippen molar-refractivity contribution in [2.75, 3.05) is 6.61 Å². The zero-order chi connectivity index (χ0) is 25.9. The molecule has 1 atom stereocenters. The summed E-state index contributed by atoms with van der Waals surface area (Å²) >= 11 is 0. The van der Waals surface area contributed by atoms with Crippen LogP contribution in [0.3, 0.4) is 0 Å². The van der Waals surface area contributed by atoms with E-state index in [1.165, 1.54) is 135 Å². The molecule has 0 aromatic carbocycles. The second kappa shape index (κ2) is 30.2. The Hall–Kier alpha value is 0.610. The summed E-state index contributed by atoms with van der Waals surface area (Å²) in [5.41, 5.74) is 0. The van der Waals surface area contributed by atoms with Crippen LogP contribution in [-0.4, -0.2) is 19.6 Å². The average Bonchev–Trinajstić information content (AvgIpc) is 2.82. The minimum absolute atomic E-state index is 0. The van der Waals surface area contributed by atoms with E-state index in [0.29, 0.717) is 0 Å². The predicted octanol–water partition coefficient (Wildman–Crippen LogP) is 7.04. The SMILES string of the molecule is CCCCCCCC/C=C/C(CCCCCCCCCCCCCCCCCC)COS(=O)(=O)[O-].[Na+]. The second-order valence-corrected chi connectivity index (χ2v) is 11.6. The first-order valence-corrected chi connectivity index (χ1v) is 16.6. The Morgan fingerprint density at radius 2 is 0.972 bits per heavy atom. The number of hydrogen-bond acceptors (Lipinski definition) is 4. The number of unbranched alkanes of at least 4 members (excludes halogenated alkanes) is 21. The zero-order valence-corrected chi connectivity index (χ0v) is 27.3. The van der Waals surface area contributed by atoms with Gasteiger partial charge >= 0.3 is 29.6 Å². The van der Waals surface area contributed by atoms with E-state index in [2.05, 4.69) is 30.2 Å². The molecule has 0 rings (SSSR count). The van der Waals surface area contributed by atoms with Gasteiger partial charge in [-0.05, 0) is 19.3 Å². The molecule has 0 aliphatic carbocycles. The molecule has 0 saturated carbocycles. The Morgan fingerprint density at radius 3 is 1.36 bits per heavy atom. The fraction of sp³-hybridized carbons (Fsp3) is 0.933. The molecule has 0 heterocycles. The molecule has 0 radical (unpaired) electrons. The van der Waals surface area contributed by atoms with Crippen molar-refractivity contribution in [1.82, 2.24) is 0 Å². The zero-order valence-electron chi connectivity index (χ0n) is 24.5. The van der Waals surface area contributed by atoms with E-state index in [1.807, 2.05) is 0 Å². The molecule has 0 aromatic rings. The molecule has 0 fully saturated rings. The van der Waals surface area contributed by atoms with Gasteiger partial charge in [-0.25, -0.2) is 8.42 Å². The third-order valence-electron chi connectivity index (χ3n) is 6.99. The van der Waals surface area contributed by atoms with Crippen molar-refractivity contribution in [2.45, 2.75) is 168 Å². The first-order valence-electron chi connectivity index (χ1n) is 15.3. The molecule has 210 valence electrons. The molecule has 0 aliphatic rings. The predicted molar refractivity (Wildman–Crippen MR) is 150 cm³/mol. The molecule has 0 amide bonds. The molecule has 0 bridgehead atoms. The number of rotatable bonds is 28. The Kier molecular flexibility index (Phi) is 32.5. The van der Waals surface area contributed by atoms with Gasteiger partial charge in [-0.2, -0.15) is 0 Å². The number of hydrogen-bond donors (Lipinski definition) is 0. The second-order valence-electron chi connectivity index (χ2n) is 10.5. The maximum absolute atomic E-state index is 10.9. The van der Waals surface area contributed by atoms with Gasteiger partial charge in [0.1, 0.15) is 0 Å². The Bertz CT molecular complexity index is 551. The van der Waals surface area contributed by atoms with Crippen LogP contribution >= 0.6 is 0 Å². The summed E-state index contributed by atoms with van der Waals surface area (Å²) in [6, 6.07) is 0. The molecular weight excluding hydrogens is 479 g/mol. The first kappa shape index (κ1) is 38.8. The maximum atomic E-state index is 10.9. The van der Waals surface area contributed by atoms with E-state index in [4.69, 9.17) is 0 Å². The molecule has 6 heteroatoms. The van der Waals surface area contributed by atoms with E-state index in [9.17, 15) is 13.0 Å². The van der Waals surface area contributed by atoms with Crippen LogP contribution in [0.2, 0.25) is 0 Å². The fourth-order valence-electron chi connectivity index (χ4n) is 4.69. The third kappa shape index (κ3) is 32.6. The van der Waals surface area contributed by atoms with Crippen LogP contribution in [0.25, 0.3) is 0 Å². The molecular formula is C30H59NaO4S. The van der Waals surface area contributed by atoms with Crippen molar-refractivity contribution in [3.05, 3.63) is 12.2 Å². The van der Waals surface area contributed by atoms with E-state index in [0.717, 1.165) is 19.3 Å². The quantitative estimate of drug-likeness (QED) is 0.0352. The van der Waals surface area contributed by atoms with Crippen molar-refractivity contribution in [3.8, 4) is 0 Å². The molecule has 0 N–H and O–H groups in total. The normalized spacial score (nSPS) is 12.8. The first-order chi connectivity index (χ1) is 17.0. The maximum Gasteiger partial charge on any atom is 1.00 e. The van der Waals surface area contributed by atoms with Crippen LogP contribution in [0.5, 0.6) is 0 Å². The summed E-state index contributed by atoms with van der Waals surface area (Å²) in [5, 5.41) is 0. The molecule has 0 aromatic heterocycles. The molecule has 1 unspecified atom stereocenters. The Labute approximate surface area is 248 Å². The summed E-state index contributed by atoms with van der Waals surface area (Å²) in [5.74, 6) is 0.0189. The monoisotopic (exact) mass is 538 g/mol. The van der Waals surface area contributed by atoms with Crippen molar-refractivity contribution in [3.63, 3.8) is 0 Å². The van der Waals surface area contributed by atoms with E-state index in [1.54, 1.807) is 0 Å². The Morgan fingerprint density at radius 1 is 0.611 bits per heavy atom. The van der Waals surface area contributed by atoms with Gasteiger partial charge in [0.15, 0.2) is 0 Å². The van der Waals surface area contributed by atoms with Gasteiger partial charge in [0.2, 0.25) is 10.4 Å². The van der Waals surface area contributed by atoms with Crippen molar-refractivity contribution in [1.29, 1.82) is 0 Å². The third-order valence-corrected chi connectivity index (χ3v) is 7.41. The summed E-state index contributed by atoms with van der Waals surface area (Å²) in [4.78, 5) is 0. The van der Waals surface area contributed by atoms with Gasteiger partial charge < -0.3 is 4.55 Å². The molecule has 0 spiro atoms. The molecule has 36 heavy (non-hydrogen) atoms. The smallest absolute Gasteiger partial charge is 0.726 e. The minimum Gasteiger partial charge on any atom is -0.726 e. The van der Waals surface area contributed by atoms with Crippen LogP contribution < -0.4 is 29.6 Å². The van der Waals surface area contributed by atoms with Crippen LogP contribution in [0.4, 0.5) is 0 Å². The summed E-state index contributed by atoms with van der Waals surface area (Å²) in [6.45, 7) is 4.49. The van der Waals surface area contributed by atoms with Crippen LogP contribution in [0.15, 0.2) is 12.2 Å². The summed E-state index contributed by atoms with van der Waals surface area (Å²) < 4.78 is 37.1. The molecule has 0 aliphatic heterocycles. The average molecular weight is 539 g/mol. The van der Waals surface area contributed by atoms with Gasteiger partial charge in [0.25, 0.3) is 0 Å². The minimum atomic E-state index is -4.61. The fourth-order valence-corrected chi connectivity index (χ4v) is 5.03. The van der Waals surface area contributed by atoms with Crippen molar-refractivity contribution < 1.29 is 46.7 Å². The Balaban J connectivity index is 0. The van der Waals surface area contributed by atoms with Gasteiger partial charge in [-0.15, -0.1) is 0 Å². The molecule has 4 nitrogen and oxygen atoms in total. The van der Waals surface area contributed by atoms with Gasteiger partial charge in [0.05, 0.1) is 6.61 Å². The van der Waals surface area contributed by atoms with Gasteiger partial charge in [0, 0.05) is 5.92 Å². The van der Waals surface area contributed by atoms with Crippen molar-refractivity contribution >= 4 is 10.4 Å².